The Morgan fingerprint density at radius 3 is 2.95 bits per heavy atom. The van der Waals surface area contributed by atoms with Crippen molar-refractivity contribution in [1.82, 2.24) is 4.90 Å². The second-order valence-corrected chi connectivity index (χ2v) is 4.27. The minimum Gasteiger partial charge on any atom is -0.489 e. The van der Waals surface area contributed by atoms with E-state index in [1.807, 2.05) is 19.1 Å². The fourth-order valence-electron chi connectivity index (χ4n) is 1.73. The molecule has 2 N–H and O–H groups in total. The smallest absolute Gasteiger partial charge is 0.321 e. The molecule has 5 heteroatoms. The number of aliphatic hydroxyl groups is 1. The third-order valence-electron chi connectivity index (χ3n) is 2.60. The zero-order chi connectivity index (χ0) is 14.8. The molecule has 2 amide bonds. The molecular weight excluding hydrogens is 256 g/mol. The van der Waals surface area contributed by atoms with Crippen LogP contribution in [-0.2, 0) is 0 Å². The zero-order valence-corrected chi connectivity index (χ0v) is 11.8. The maximum absolute atomic E-state index is 12.1. The summed E-state index contributed by atoms with van der Waals surface area (Å²) >= 11 is 0. The van der Waals surface area contributed by atoms with Crippen LogP contribution in [0.1, 0.15) is 13.3 Å². The molecule has 0 atom stereocenters. The molecule has 1 aromatic rings. The number of amides is 2. The molecule has 0 heterocycles. The van der Waals surface area contributed by atoms with Crippen molar-refractivity contribution in [2.75, 3.05) is 31.6 Å². The zero-order valence-electron chi connectivity index (χ0n) is 11.8. The van der Waals surface area contributed by atoms with Crippen LogP contribution in [0.3, 0.4) is 0 Å². The number of benzene rings is 1. The highest BCUT2D eigenvalue weighted by Gasteiger charge is 2.12. The largest absolute Gasteiger partial charge is 0.489 e. The molecule has 0 radical (unpaired) electrons. The third-order valence-corrected chi connectivity index (χ3v) is 2.60. The highest BCUT2D eigenvalue weighted by atomic mass is 16.5. The lowest BCUT2D eigenvalue weighted by Gasteiger charge is -2.21. The van der Waals surface area contributed by atoms with E-state index in [1.54, 1.807) is 23.1 Å². The minimum atomic E-state index is -0.221. The summed E-state index contributed by atoms with van der Waals surface area (Å²) in [6.07, 6.45) is 2.51. The summed E-state index contributed by atoms with van der Waals surface area (Å²) in [7, 11) is 0. The molecule has 0 saturated heterocycles. The van der Waals surface area contributed by atoms with Gasteiger partial charge in [0, 0.05) is 24.8 Å². The molecule has 0 saturated carbocycles. The number of ether oxygens (including phenoxy) is 1. The van der Waals surface area contributed by atoms with E-state index in [9.17, 15) is 4.79 Å². The number of nitrogens with zero attached hydrogens (tertiary/aromatic N) is 1. The molecule has 1 rings (SSSR count). The summed E-state index contributed by atoms with van der Waals surface area (Å²) in [5.74, 6) is 0.673. The Morgan fingerprint density at radius 1 is 1.50 bits per heavy atom. The monoisotopic (exact) mass is 278 g/mol. The number of aliphatic hydroxyl groups excluding tert-OH is 1. The summed E-state index contributed by atoms with van der Waals surface area (Å²) in [6, 6.07) is 6.95. The molecule has 0 aromatic heterocycles. The lowest BCUT2D eigenvalue weighted by molar-refractivity contribution is 0.188. The molecule has 0 aliphatic rings. The summed E-state index contributed by atoms with van der Waals surface area (Å²) in [6.45, 7) is 6.88. The SMILES string of the molecule is C=CCOc1cccc(NC(=O)N(CCC)CCO)c1. The number of carbonyl (C=O) groups excluding carboxylic acids is 1. The van der Waals surface area contributed by atoms with E-state index in [0.717, 1.165) is 6.42 Å². The van der Waals surface area contributed by atoms with Crippen molar-refractivity contribution in [1.29, 1.82) is 0 Å². The van der Waals surface area contributed by atoms with Gasteiger partial charge in [0.25, 0.3) is 0 Å². The predicted molar refractivity (Wildman–Crippen MR) is 80.1 cm³/mol. The van der Waals surface area contributed by atoms with Crippen LogP contribution < -0.4 is 10.1 Å². The maximum Gasteiger partial charge on any atom is 0.321 e. The first-order valence-corrected chi connectivity index (χ1v) is 6.71. The molecular formula is C15H22N2O3. The first-order valence-electron chi connectivity index (χ1n) is 6.71. The molecule has 0 bridgehead atoms. The van der Waals surface area contributed by atoms with Crippen molar-refractivity contribution in [2.24, 2.45) is 0 Å². The topological polar surface area (TPSA) is 61.8 Å². The van der Waals surface area contributed by atoms with Gasteiger partial charge in [-0.05, 0) is 18.6 Å². The van der Waals surface area contributed by atoms with Crippen LogP contribution in [0.4, 0.5) is 10.5 Å². The Labute approximate surface area is 119 Å². The highest BCUT2D eigenvalue weighted by Crippen LogP contribution is 2.17. The summed E-state index contributed by atoms with van der Waals surface area (Å²) in [4.78, 5) is 13.6. The summed E-state index contributed by atoms with van der Waals surface area (Å²) in [5, 5.41) is 11.8. The lowest BCUT2D eigenvalue weighted by atomic mass is 10.3. The van der Waals surface area contributed by atoms with Gasteiger partial charge >= 0.3 is 6.03 Å². The molecule has 0 aliphatic carbocycles. The van der Waals surface area contributed by atoms with Gasteiger partial charge in [0.1, 0.15) is 12.4 Å². The van der Waals surface area contributed by atoms with Crippen LogP contribution >= 0.6 is 0 Å². The van der Waals surface area contributed by atoms with E-state index in [0.29, 0.717) is 31.1 Å². The number of urea groups is 1. The molecule has 0 aliphatic heterocycles. The predicted octanol–water partition coefficient (Wildman–Crippen LogP) is 2.49. The summed E-state index contributed by atoms with van der Waals surface area (Å²) in [5.41, 5.74) is 0.663. The van der Waals surface area contributed by atoms with E-state index in [2.05, 4.69) is 11.9 Å². The second-order valence-electron chi connectivity index (χ2n) is 4.27. The number of hydrogen-bond donors (Lipinski definition) is 2. The second kappa shape index (κ2) is 8.98. The molecule has 1 aromatic carbocycles. The summed E-state index contributed by atoms with van der Waals surface area (Å²) < 4.78 is 5.41. The Balaban J connectivity index is 2.65. The Morgan fingerprint density at radius 2 is 2.30 bits per heavy atom. The first-order chi connectivity index (χ1) is 9.71. The Bertz CT molecular complexity index is 429. The van der Waals surface area contributed by atoms with Gasteiger partial charge in [0.2, 0.25) is 0 Å². The van der Waals surface area contributed by atoms with Gasteiger partial charge in [-0.25, -0.2) is 4.79 Å². The van der Waals surface area contributed by atoms with E-state index >= 15 is 0 Å². The molecule has 20 heavy (non-hydrogen) atoms. The van der Waals surface area contributed by atoms with E-state index in [1.165, 1.54) is 0 Å². The number of carbonyl (C=O) groups is 1. The number of anilines is 1. The van der Waals surface area contributed by atoms with Gasteiger partial charge in [-0.15, -0.1) is 0 Å². The van der Waals surface area contributed by atoms with Crippen LogP contribution in [0.5, 0.6) is 5.75 Å². The average Bonchev–Trinajstić information content (AvgIpc) is 2.45. The van der Waals surface area contributed by atoms with E-state index in [4.69, 9.17) is 9.84 Å². The number of rotatable bonds is 8. The third kappa shape index (κ3) is 5.32. The fourth-order valence-corrected chi connectivity index (χ4v) is 1.73. The number of hydrogen-bond acceptors (Lipinski definition) is 3. The van der Waals surface area contributed by atoms with Gasteiger partial charge in [0.15, 0.2) is 0 Å². The molecule has 0 spiro atoms. The minimum absolute atomic E-state index is 0.0457. The van der Waals surface area contributed by atoms with Crippen molar-refractivity contribution >= 4 is 11.7 Å². The van der Waals surface area contributed by atoms with Gasteiger partial charge in [0.05, 0.1) is 6.61 Å². The quantitative estimate of drug-likeness (QED) is 0.718. The van der Waals surface area contributed by atoms with Gasteiger partial charge in [-0.2, -0.15) is 0 Å². The maximum atomic E-state index is 12.1. The Hall–Kier alpha value is -2.01. The molecule has 110 valence electrons. The molecule has 0 unspecified atom stereocenters. The van der Waals surface area contributed by atoms with E-state index < -0.39 is 0 Å². The van der Waals surface area contributed by atoms with Crippen molar-refractivity contribution in [3.05, 3.63) is 36.9 Å². The first kappa shape index (κ1) is 16.0. The van der Waals surface area contributed by atoms with Crippen LogP contribution in [-0.4, -0.2) is 42.3 Å². The van der Waals surface area contributed by atoms with Crippen molar-refractivity contribution in [3.8, 4) is 5.75 Å². The van der Waals surface area contributed by atoms with Crippen molar-refractivity contribution in [3.63, 3.8) is 0 Å². The van der Waals surface area contributed by atoms with Gasteiger partial charge in [-0.1, -0.05) is 25.6 Å². The van der Waals surface area contributed by atoms with Crippen molar-refractivity contribution < 1.29 is 14.6 Å². The number of nitrogens with one attached hydrogen (secondary N) is 1. The van der Waals surface area contributed by atoms with Gasteiger partial charge < -0.3 is 20.1 Å². The fraction of sp³-hybridized carbons (Fsp3) is 0.400. The standard InChI is InChI=1S/C15H22N2O3/c1-3-8-17(9-10-18)15(19)16-13-6-5-7-14(12-13)20-11-4-2/h4-7,12,18H,2-3,8-11H2,1H3,(H,16,19). The normalized spacial score (nSPS) is 9.90. The highest BCUT2D eigenvalue weighted by molar-refractivity contribution is 5.89. The van der Waals surface area contributed by atoms with Crippen molar-refractivity contribution in [2.45, 2.75) is 13.3 Å². The van der Waals surface area contributed by atoms with Gasteiger partial charge in [-0.3, -0.25) is 0 Å². The lowest BCUT2D eigenvalue weighted by Crippen LogP contribution is -2.37. The average molecular weight is 278 g/mol. The van der Waals surface area contributed by atoms with Crippen LogP contribution in [0, 0.1) is 0 Å². The van der Waals surface area contributed by atoms with Crippen LogP contribution in [0.2, 0.25) is 0 Å². The van der Waals surface area contributed by atoms with E-state index in [-0.39, 0.29) is 12.6 Å². The molecule has 0 fully saturated rings. The van der Waals surface area contributed by atoms with Crippen LogP contribution in [0.15, 0.2) is 36.9 Å². The molecule has 5 nitrogen and oxygen atoms in total. The van der Waals surface area contributed by atoms with Crippen LogP contribution in [0.25, 0.3) is 0 Å². The Kier molecular flexibility index (Phi) is 7.21.